The molecule has 0 radical (unpaired) electrons. The number of carboxylic acid groups (broad SMARTS) is 1. The number of aromatic nitrogens is 4. The smallest absolute Gasteiger partial charge is 0.311 e. The molecule has 1 saturated carbocycles. The van der Waals surface area contributed by atoms with Gasteiger partial charge in [-0.2, -0.15) is 0 Å². The molecule has 29 heavy (non-hydrogen) atoms. The number of amides is 1. The number of nitrogens with one attached hydrogen (secondary N) is 1. The van der Waals surface area contributed by atoms with Gasteiger partial charge in [0.25, 0.3) is 5.91 Å². The summed E-state index contributed by atoms with van der Waals surface area (Å²) in [6.07, 6.45) is 5.68. The molecule has 0 aliphatic heterocycles. The minimum atomic E-state index is -0.886. The van der Waals surface area contributed by atoms with Crippen LogP contribution in [0.3, 0.4) is 0 Å². The number of carbonyl (C=O) groups is 2. The molecule has 150 valence electrons. The molecule has 8 nitrogen and oxygen atoms in total. The van der Waals surface area contributed by atoms with Crippen molar-refractivity contribution in [2.75, 3.05) is 6.54 Å². The van der Waals surface area contributed by atoms with Gasteiger partial charge in [-0.05, 0) is 44.0 Å². The molecule has 1 aliphatic rings. The van der Waals surface area contributed by atoms with Crippen LogP contribution in [0.15, 0.2) is 36.5 Å². The molecule has 1 fully saturated rings. The molecular weight excluding hydrogens is 370 g/mol. The first-order valence-electron chi connectivity index (χ1n) is 9.79. The molecule has 2 N–H and O–H groups in total. The van der Waals surface area contributed by atoms with Crippen LogP contribution in [-0.4, -0.2) is 43.5 Å². The minimum Gasteiger partial charge on any atom is -0.481 e. The largest absolute Gasteiger partial charge is 0.481 e. The molecule has 2 aromatic heterocycles. The molecule has 0 atom stereocenters. The highest BCUT2D eigenvalue weighted by Crippen LogP contribution is 2.36. The average Bonchev–Trinajstić information content (AvgIpc) is 3.13. The van der Waals surface area contributed by atoms with Crippen LogP contribution in [0.2, 0.25) is 0 Å². The van der Waals surface area contributed by atoms with E-state index in [9.17, 15) is 14.7 Å². The normalized spacial score (nSPS) is 15.9. The molecule has 2 heterocycles. The molecule has 1 aromatic carbocycles. The lowest BCUT2D eigenvalue weighted by atomic mass is 9.74. The van der Waals surface area contributed by atoms with Gasteiger partial charge in [-0.1, -0.05) is 30.5 Å². The fourth-order valence-electron chi connectivity index (χ4n) is 4.01. The van der Waals surface area contributed by atoms with Gasteiger partial charge in [0, 0.05) is 18.1 Å². The Bertz CT molecular complexity index is 1070. The summed E-state index contributed by atoms with van der Waals surface area (Å²) >= 11 is 0. The zero-order chi connectivity index (χ0) is 20.4. The Labute approximate surface area is 167 Å². The summed E-state index contributed by atoms with van der Waals surface area (Å²) in [7, 11) is 0. The van der Waals surface area contributed by atoms with E-state index in [2.05, 4.69) is 20.6 Å². The van der Waals surface area contributed by atoms with Crippen molar-refractivity contribution in [2.24, 2.45) is 5.41 Å². The maximum absolute atomic E-state index is 12.7. The number of nitrogens with zero attached hydrogens (tertiary/aromatic N) is 4. The highest BCUT2D eigenvalue weighted by atomic mass is 16.4. The van der Waals surface area contributed by atoms with E-state index in [0.717, 1.165) is 35.9 Å². The highest BCUT2D eigenvalue weighted by Gasteiger charge is 2.40. The number of pyridine rings is 1. The highest BCUT2D eigenvalue weighted by molar-refractivity contribution is 5.93. The third-order valence-corrected chi connectivity index (χ3v) is 5.79. The van der Waals surface area contributed by atoms with Crippen molar-refractivity contribution in [3.63, 3.8) is 0 Å². The topological polar surface area (TPSA) is 110 Å². The molecular formula is C21H23N5O3. The molecule has 8 heteroatoms. The Balaban J connectivity index is 1.54. The number of fused-ring (bicyclic) bond motifs is 1. The maximum atomic E-state index is 12.7. The van der Waals surface area contributed by atoms with Gasteiger partial charge in [-0.15, -0.1) is 5.10 Å². The maximum Gasteiger partial charge on any atom is 0.311 e. The third-order valence-electron chi connectivity index (χ3n) is 5.79. The third kappa shape index (κ3) is 3.57. The molecule has 1 amide bonds. The second-order valence-corrected chi connectivity index (χ2v) is 7.64. The first kappa shape index (κ1) is 19.0. The molecule has 4 rings (SSSR count). The van der Waals surface area contributed by atoms with Crippen molar-refractivity contribution < 1.29 is 14.7 Å². The molecule has 3 aromatic rings. The van der Waals surface area contributed by atoms with E-state index in [1.54, 1.807) is 17.8 Å². The van der Waals surface area contributed by atoms with Crippen LogP contribution in [0.1, 0.15) is 48.3 Å². The van der Waals surface area contributed by atoms with Crippen LogP contribution >= 0.6 is 0 Å². The monoisotopic (exact) mass is 393 g/mol. The summed E-state index contributed by atoms with van der Waals surface area (Å²) in [5.74, 6) is -1.25. The fraction of sp³-hybridized carbons (Fsp3) is 0.381. The lowest BCUT2D eigenvalue weighted by Gasteiger charge is -2.33. The Morgan fingerprint density at radius 3 is 2.76 bits per heavy atom. The predicted molar refractivity (Wildman–Crippen MR) is 107 cm³/mol. The average molecular weight is 393 g/mol. The molecule has 0 spiro atoms. The fourth-order valence-corrected chi connectivity index (χ4v) is 4.01. The standard InChI is InChI=1S/C21H23N5O3/c1-14-18(19(27)23-13-21(20(28)29)9-3-2-4-10-21)24-25-26(14)16-7-8-17-15(12-16)6-5-11-22-17/h5-8,11-12H,2-4,9-10,13H2,1H3,(H,23,27)(H,28,29). The summed E-state index contributed by atoms with van der Waals surface area (Å²) in [6.45, 7) is 1.88. The first-order valence-corrected chi connectivity index (χ1v) is 9.79. The van der Waals surface area contributed by atoms with E-state index < -0.39 is 17.3 Å². The minimum absolute atomic E-state index is 0.106. The number of rotatable bonds is 5. The van der Waals surface area contributed by atoms with Gasteiger partial charge in [0.2, 0.25) is 0 Å². The van der Waals surface area contributed by atoms with Crippen LogP contribution in [0.25, 0.3) is 16.6 Å². The van der Waals surface area contributed by atoms with Crippen LogP contribution in [0.5, 0.6) is 0 Å². The van der Waals surface area contributed by atoms with Crippen molar-refractivity contribution in [3.8, 4) is 5.69 Å². The summed E-state index contributed by atoms with van der Waals surface area (Å²) in [4.78, 5) is 28.8. The molecule has 0 saturated heterocycles. The predicted octanol–water partition coefficient (Wildman–Crippen LogP) is 2.89. The van der Waals surface area contributed by atoms with E-state index in [-0.39, 0.29) is 12.2 Å². The van der Waals surface area contributed by atoms with Gasteiger partial charge < -0.3 is 10.4 Å². The zero-order valence-corrected chi connectivity index (χ0v) is 16.3. The van der Waals surface area contributed by atoms with Crippen molar-refractivity contribution >= 4 is 22.8 Å². The quantitative estimate of drug-likeness (QED) is 0.690. The van der Waals surface area contributed by atoms with Crippen molar-refractivity contribution in [3.05, 3.63) is 47.9 Å². The number of benzene rings is 1. The van der Waals surface area contributed by atoms with Crippen molar-refractivity contribution in [1.29, 1.82) is 0 Å². The first-order chi connectivity index (χ1) is 14.0. The Hall–Kier alpha value is -3.29. The van der Waals surface area contributed by atoms with Gasteiger partial charge in [-0.3, -0.25) is 14.6 Å². The summed E-state index contributed by atoms with van der Waals surface area (Å²) in [5.41, 5.74) is 1.57. The lowest BCUT2D eigenvalue weighted by Crippen LogP contribution is -2.44. The van der Waals surface area contributed by atoms with E-state index in [0.29, 0.717) is 18.5 Å². The van der Waals surface area contributed by atoms with Crippen LogP contribution in [0, 0.1) is 12.3 Å². The zero-order valence-electron chi connectivity index (χ0n) is 16.3. The molecule has 1 aliphatic carbocycles. The van der Waals surface area contributed by atoms with Gasteiger partial charge in [0.1, 0.15) is 0 Å². The number of aliphatic carboxylic acids is 1. The van der Waals surface area contributed by atoms with Crippen LogP contribution < -0.4 is 5.32 Å². The van der Waals surface area contributed by atoms with Gasteiger partial charge in [-0.25, -0.2) is 4.68 Å². The summed E-state index contributed by atoms with van der Waals surface area (Å²) in [5, 5.41) is 21.6. The van der Waals surface area contributed by atoms with Crippen LogP contribution in [-0.2, 0) is 4.79 Å². The second kappa shape index (κ2) is 7.62. The van der Waals surface area contributed by atoms with Gasteiger partial charge in [0.05, 0.1) is 22.3 Å². The van der Waals surface area contributed by atoms with Crippen LogP contribution in [0.4, 0.5) is 0 Å². The lowest BCUT2D eigenvalue weighted by molar-refractivity contribution is -0.150. The molecule has 0 unspecified atom stereocenters. The van der Waals surface area contributed by atoms with Gasteiger partial charge >= 0.3 is 5.97 Å². The Morgan fingerprint density at radius 2 is 2.00 bits per heavy atom. The Kier molecular flexibility index (Phi) is 5.00. The SMILES string of the molecule is Cc1c(C(=O)NCC2(C(=O)O)CCCCC2)nnn1-c1ccc2ncccc2c1. The Morgan fingerprint density at radius 1 is 1.21 bits per heavy atom. The summed E-state index contributed by atoms with van der Waals surface area (Å²) < 4.78 is 1.61. The van der Waals surface area contributed by atoms with E-state index >= 15 is 0 Å². The van der Waals surface area contributed by atoms with E-state index in [1.165, 1.54) is 0 Å². The van der Waals surface area contributed by atoms with Gasteiger partial charge in [0.15, 0.2) is 5.69 Å². The summed E-state index contributed by atoms with van der Waals surface area (Å²) in [6, 6.07) is 9.53. The van der Waals surface area contributed by atoms with Crippen molar-refractivity contribution in [2.45, 2.75) is 39.0 Å². The number of hydrogen-bond donors (Lipinski definition) is 2. The number of carbonyl (C=O) groups excluding carboxylic acids is 1. The molecule has 0 bridgehead atoms. The number of carboxylic acids is 1. The van der Waals surface area contributed by atoms with E-state index in [1.807, 2.05) is 30.3 Å². The van der Waals surface area contributed by atoms with E-state index in [4.69, 9.17) is 0 Å². The van der Waals surface area contributed by atoms with Crippen molar-refractivity contribution in [1.82, 2.24) is 25.3 Å². The number of hydrogen-bond acceptors (Lipinski definition) is 5. The second-order valence-electron chi connectivity index (χ2n) is 7.64.